The van der Waals surface area contributed by atoms with Gasteiger partial charge in [-0.1, -0.05) is 34.5 Å². The number of aryl methyl sites for hydroxylation is 1. The molecule has 0 radical (unpaired) electrons. The van der Waals surface area contributed by atoms with Gasteiger partial charge in [-0.05, 0) is 13.3 Å². The van der Waals surface area contributed by atoms with Crippen LogP contribution in [-0.4, -0.2) is 57.4 Å². The third-order valence-corrected chi connectivity index (χ3v) is 6.53. The van der Waals surface area contributed by atoms with Crippen molar-refractivity contribution in [1.29, 1.82) is 0 Å². The Bertz CT molecular complexity index is 919. The number of carbonyl (C=O) groups is 2. The number of hydrogen-bond acceptors (Lipinski definition) is 6. The SMILES string of the molecule is Cc1[nH]c(C(=O)N[C@@H]2CCN(c3nc(CO)c(C(=O)O)s3)C[C@@H]2F)c(Cl)c1Cl. The van der Waals surface area contributed by atoms with Crippen LogP contribution in [0.25, 0.3) is 0 Å². The Labute approximate surface area is 173 Å². The first-order chi connectivity index (χ1) is 13.2. The molecule has 3 rings (SSSR count). The van der Waals surface area contributed by atoms with Crippen LogP contribution < -0.4 is 10.2 Å². The van der Waals surface area contributed by atoms with Crippen LogP contribution in [0.2, 0.25) is 10.0 Å². The molecule has 1 aliphatic rings. The van der Waals surface area contributed by atoms with E-state index >= 15 is 0 Å². The molecule has 2 aromatic heterocycles. The number of rotatable bonds is 5. The fraction of sp³-hybridized carbons (Fsp3) is 0.438. The number of piperidine rings is 1. The Kier molecular flexibility index (Phi) is 6.13. The number of nitrogens with zero attached hydrogens (tertiary/aromatic N) is 2. The number of aromatic amines is 1. The van der Waals surface area contributed by atoms with Gasteiger partial charge >= 0.3 is 5.97 Å². The minimum atomic E-state index is -1.40. The van der Waals surface area contributed by atoms with Crippen molar-refractivity contribution in [3.8, 4) is 0 Å². The zero-order valence-corrected chi connectivity index (χ0v) is 17.0. The lowest BCUT2D eigenvalue weighted by molar-refractivity contribution is 0.0698. The zero-order chi connectivity index (χ0) is 20.6. The molecule has 28 heavy (non-hydrogen) atoms. The fourth-order valence-electron chi connectivity index (χ4n) is 2.96. The first-order valence-electron chi connectivity index (χ1n) is 8.30. The molecule has 8 nitrogen and oxygen atoms in total. The number of halogens is 3. The molecule has 0 spiro atoms. The second-order valence-corrected chi connectivity index (χ2v) is 8.05. The number of anilines is 1. The van der Waals surface area contributed by atoms with E-state index in [4.69, 9.17) is 28.3 Å². The van der Waals surface area contributed by atoms with Gasteiger partial charge in [-0.25, -0.2) is 14.2 Å². The Hall–Kier alpha value is -1.88. The highest BCUT2D eigenvalue weighted by molar-refractivity contribution is 7.17. The number of nitrogens with one attached hydrogen (secondary N) is 2. The Morgan fingerprint density at radius 1 is 1.43 bits per heavy atom. The van der Waals surface area contributed by atoms with Crippen molar-refractivity contribution in [3.05, 3.63) is 32.0 Å². The van der Waals surface area contributed by atoms with Crippen molar-refractivity contribution >= 4 is 51.5 Å². The number of hydrogen-bond donors (Lipinski definition) is 4. The van der Waals surface area contributed by atoms with Gasteiger partial charge in [0.15, 0.2) is 5.13 Å². The van der Waals surface area contributed by atoms with E-state index in [1.165, 1.54) is 0 Å². The summed E-state index contributed by atoms with van der Waals surface area (Å²) < 4.78 is 14.7. The third kappa shape index (κ3) is 3.95. The van der Waals surface area contributed by atoms with Crippen molar-refractivity contribution in [1.82, 2.24) is 15.3 Å². The fourth-order valence-corrected chi connectivity index (χ4v) is 4.32. The number of aromatic carboxylic acids is 1. The van der Waals surface area contributed by atoms with Crippen LogP contribution in [0.3, 0.4) is 0 Å². The summed E-state index contributed by atoms with van der Waals surface area (Å²) in [6.07, 6.45) is -1.12. The lowest BCUT2D eigenvalue weighted by Gasteiger charge is -2.34. The van der Waals surface area contributed by atoms with Crippen LogP contribution >= 0.6 is 34.5 Å². The van der Waals surface area contributed by atoms with Crippen LogP contribution in [0.1, 0.15) is 38.0 Å². The maximum atomic E-state index is 14.7. The molecule has 1 saturated heterocycles. The van der Waals surface area contributed by atoms with Crippen LogP contribution in [0.5, 0.6) is 0 Å². The number of carboxylic acid groups (broad SMARTS) is 1. The number of amides is 1. The van der Waals surface area contributed by atoms with E-state index in [9.17, 15) is 19.1 Å². The number of H-pyrrole nitrogens is 1. The average molecular weight is 451 g/mol. The van der Waals surface area contributed by atoms with E-state index in [1.54, 1.807) is 11.8 Å². The monoisotopic (exact) mass is 450 g/mol. The van der Waals surface area contributed by atoms with E-state index in [1.807, 2.05) is 0 Å². The molecule has 1 fully saturated rings. The van der Waals surface area contributed by atoms with Gasteiger partial charge in [0.05, 0.1) is 34.9 Å². The molecule has 3 heterocycles. The topological polar surface area (TPSA) is 119 Å². The van der Waals surface area contributed by atoms with Crippen LogP contribution in [-0.2, 0) is 6.61 Å². The van der Waals surface area contributed by atoms with E-state index < -0.39 is 30.7 Å². The standard InChI is InChI=1S/C16H17Cl2FN4O4S/c1-6-10(17)11(18)12(20-6)14(25)21-8-2-3-23(4-7(8)19)16-22-9(5-24)13(28-16)15(26)27/h7-8,20,24H,2-5H2,1H3,(H,21,25)(H,26,27)/t7-,8+/m0/s1. The third-order valence-electron chi connectivity index (χ3n) is 4.44. The summed E-state index contributed by atoms with van der Waals surface area (Å²) in [7, 11) is 0. The van der Waals surface area contributed by atoms with Crippen molar-refractivity contribution in [2.45, 2.75) is 32.2 Å². The summed E-state index contributed by atoms with van der Waals surface area (Å²) in [6, 6.07) is -0.738. The van der Waals surface area contributed by atoms with Gasteiger partial charge in [-0.3, -0.25) is 4.79 Å². The molecule has 1 amide bonds. The summed E-state index contributed by atoms with van der Waals surface area (Å²) in [4.78, 5) is 32.0. The van der Waals surface area contributed by atoms with Crippen LogP contribution in [0.4, 0.5) is 9.52 Å². The van der Waals surface area contributed by atoms with Gasteiger partial charge in [0.1, 0.15) is 16.7 Å². The molecule has 0 bridgehead atoms. The highest BCUT2D eigenvalue weighted by atomic mass is 35.5. The normalized spacial score (nSPS) is 19.7. The Morgan fingerprint density at radius 2 is 2.14 bits per heavy atom. The van der Waals surface area contributed by atoms with E-state index in [2.05, 4.69) is 15.3 Å². The van der Waals surface area contributed by atoms with Crippen molar-refractivity contribution in [2.75, 3.05) is 18.0 Å². The molecule has 0 aliphatic carbocycles. The molecule has 4 N–H and O–H groups in total. The van der Waals surface area contributed by atoms with E-state index in [0.717, 1.165) is 11.3 Å². The van der Waals surface area contributed by atoms with Crippen molar-refractivity contribution in [2.24, 2.45) is 0 Å². The second kappa shape index (κ2) is 8.24. The molecule has 2 aromatic rings. The summed E-state index contributed by atoms with van der Waals surface area (Å²) >= 11 is 12.9. The summed E-state index contributed by atoms with van der Waals surface area (Å²) in [6.45, 7) is 1.45. The Balaban J connectivity index is 1.67. The number of aromatic nitrogens is 2. The highest BCUT2D eigenvalue weighted by Gasteiger charge is 2.33. The minimum Gasteiger partial charge on any atom is -0.477 e. The summed E-state index contributed by atoms with van der Waals surface area (Å²) in [5.74, 6) is -1.74. The number of alkyl halides is 1. The first kappa shape index (κ1) is 20.8. The van der Waals surface area contributed by atoms with Crippen molar-refractivity contribution in [3.63, 3.8) is 0 Å². The summed E-state index contributed by atoms with van der Waals surface area (Å²) in [5.41, 5.74) is 0.672. The van der Waals surface area contributed by atoms with E-state index in [-0.39, 0.29) is 39.3 Å². The molecule has 0 aromatic carbocycles. The predicted molar refractivity (Wildman–Crippen MR) is 104 cm³/mol. The molecule has 1 aliphatic heterocycles. The summed E-state index contributed by atoms with van der Waals surface area (Å²) in [5, 5.41) is 21.7. The zero-order valence-electron chi connectivity index (χ0n) is 14.6. The highest BCUT2D eigenvalue weighted by Crippen LogP contribution is 2.31. The molecule has 152 valence electrons. The average Bonchev–Trinajstić information content (AvgIpc) is 3.20. The van der Waals surface area contributed by atoms with Crippen molar-refractivity contribution < 1.29 is 24.2 Å². The maximum absolute atomic E-state index is 14.7. The largest absolute Gasteiger partial charge is 0.477 e. The first-order valence-corrected chi connectivity index (χ1v) is 9.87. The van der Waals surface area contributed by atoms with Gasteiger partial charge < -0.3 is 25.4 Å². The number of carboxylic acids is 1. The molecular formula is C16H17Cl2FN4O4S. The quantitative estimate of drug-likeness (QED) is 0.555. The number of aliphatic hydroxyl groups is 1. The number of aliphatic hydroxyl groups excluding tert-OH is 1. The van der Waals surface area contributed by atoms with Gasteiger partial charge in [0.25, 0.3) is 5.91 Å². The maximum Gasteiger partial charge on any atom is 0.347 e. The second-order valence-electron chi connectivity index (χ2n) is 6.32. The smallest absolute Gasteiger partial charge is 0.347 e. The van der Waals surface area contributed by atoms with E-state index in [0.29, 0.717) is 17.4 Å². The van der Waals surface area contributed by atoms with Gasteiger partial charge in [0, 0.05) is 12.2 Å². The lowest BCUT2D eigenvalue weighted by atomic mass is 10.0. The Morgan fingerprint density at radius 3 is 2.64 bits per heavy atom. The van der Waals surface area contributed by atoms with Gasteiger partial charge in [-0.15, -0.1) is 0 Å². The molecule has 2 atom stereocenters. The molecule has 0 saturated carbocycles. The minimum absolute atomic E-state index is 0.0481. The van der Waals surface area contributed by atoms with Crippen LogP contribution in [0, 0.1) is 6.92 Å². The lowest BCUT2D eigenvalue weighted by Crippen LogP contribution is -2.52. The van der Waals surface area contributed by atoms with Crippen LogP contribution in [0.15, 0.2) is 0 Å². The molecular weight excluding hydrogens is 434 g/mol. The number of thiazole rings is 1. The molecule has 0 unspecified atom stereocenters. The van der Waals surface area contributed by atoms with Gasteiger partial charge in [-0.2, -0.15) is 0 Å². The predicted octanol–water partition coefficient (Wildman–Crippen LogP) is 2.62. The number of carbonyl (C=O) groups excluding carboxylic acids is 1. The molecule has 12 heteroatoms. The van der Waals surface area contributed by atoms with Gasteiger partial charge in [0.2, 0.25) is 0 Å².